The number of carbonyl (C=O) groups is 2. The van der Waals surface area contributed by atoms with Crippen LogP contribution in [0, 0.1) is 0 Å². The Morgan fingerprint density at radius 2 is 1.39 bits per heavy atom. The number of carboxylic acid groups (broad SMARTS) is 1. The van der Waals surface area contributed by atoms with Crippen molar-refractivity contribution < 1.29 is 28.2 Å². The second-order valence-electron chi connectivity index (χ2n) is 9.00. The number of carbonyl (C=O) groups excluding carboxylic acids is 1. The fourth-order valence-electron chi connectivity index (χ4n) is 4.36. The molecule has 0 aliphatic rings. The zero-order valence-electron chi connectivity index (χ0n) is 21.0. The molecular formula is C29H28N2O6S. The summed E-state index contributed by atoms with van der Waals surface area (Å²) in [6.07, 6.45) is 0. The van der Waals surface area contributed by atoms with Crippen molar-refractivity contribution in [1.82, 2.24) is 4.31 Å². The molecule has 0 unspecified atom stereocenters. The van der Waals surface area contributed by atoms with E-state index in [0.29, 0.717) is 27.5 Å². The largest absolute Gasteiger partial charge is 0.480 e. The molecule has 0 aliphatic carbocycles. The highest BCUT2D eigenvalue weighted by atomic mass is 32.2. The minimum atomic E-state index is -4.39. The van der Waals surface area contributed by atoms with E-state index in [1.165, 1.54) is 6.07 Å². The number of aliphatic carboxylic acids is 1. The van der Waals surface area contributed by atoms with Crippen LogP contribution in [-0.4, -0.2) is 61.4 Å². The predicted octanol–water partition coefficient (Wildman–Crippen LogP) is 3.77. The molecule has 0 amide bonds. The van der Waals surface area contributed by atoms with Gasteiger partial charge in [0, 0.05) is 48.2 Å². The Morgan fingerprint density at radius 1 is 0.789 bits per heavy atom. The average molecular weight is 533 g/mol. The van der Waals surface area contributed by atoms with Crippen LogP contribution in [0.3, 0.4) is 0 Å². The van der Waals surface area contributed by atoms with Gasteiger partial charge in [0.1, 0.15) is 6.04 Å². The smallest absolute Gasteiger partial charge is 0.324 e. The Bertz CT molecular complexity index is 1570. The minimum Gasteiger partial charge on any atom is -0.480 e. The molecule has 8 nitrogen and oxygen atoms in total. The first-order chi connectivity index (χ1) is 18.1. The quantitative estimate of drug-likeness (QED) is 0.299. The van der Waals surface area contributed by atoms with Gasteiger partial charge in [0.05, 0.1) is 11.5 Å². The number of hydrogen-bond donors (Lipinski definition) is 2. The SMILES string of the molecule is CN(C)c1cccc2c(S(=O)(=O)N(Cc3ccc(C(=O)c4ccccc4)cc3)[C@@H](CO)C(=O)O)cccc12. The van der Waals surface area contributed by atoms with Crippen molar-refractivity contribution in [2.75, 3.05) is 25.6 Å². The number of carboxylic acids is 1. The number of anilines is 1. The van der Waals surface area contributed by atoms with Gasteiger partial charge in [0.15, 0.2) is 5.78 Å². The van der Waals surface area contributed by atoms with Gasteiger partial charge in [-0.1, -0.05) is 78.9 Å². The van der Waals surface area contributed by atoms with Gasteiger partial charge in [-0.25, -0.2) is 8.42 Å². The predicted molar refractivity (Wildman–Crippen MR) is 146 cm³/mol. The summed E-state index contributed by atoms with van der Waals surface area (Å²) in [6.45, 7) is -1.23. The van der Waals surface area contributed by atoms with Crippen molar-refractivity contribution in [2.24, 2.45) is 0 Å². The highest BCUT2D eigenvalue weighted by molar-refractivity contribution is 7.89. The minimum absolute atomic E-state index is 0.0609. The maximum atomic E-state index is 14.0. The maximum Gasteiger partial charge on any atom is 0.324 e. The molecule has 0 radical (unpaired) electrons. The van der Waals surface area contributed by atoms with Crippen LogP contribution >= 0.6 is 0 Å². The van der Waals surface area contributed by atoms with E-state index in [-0.39, 0.29) is 17.2 Å². The molecule has 4 rings (SSSR count). The lowest BCUT2D eigenvalue weighted by molar-refractivity contribution is -0.142. The van der Waals surface area contributed by atoms with E-state index >= 15 is 0 Å². The third-order valence-corrected chi connectivity index (χ3v) is 8.24. The lowest BCUT2D eigenvalue weighted by atomic mass is 10.0. The first kappa shape index (κ1) is 27.0. The number of ketones is 1. The number of aliphatic hydroxyl groups excluding tert-OH is 1. The van der Waals surface area contributed by atoms with Gasteiger partial charge < -0.3 is 15.1 Å². The van der Waals surface area contributed by atoms with Crippen LogP contribution in [0.5, 0.6) is 0 Å². The van der Waals surface area contributed by atoms with Crippen LogP contribution in [0.2, 0.25) is 0 Å². The molecule has 2 N–H and O–H groups in total. The molecule has 0 aromatic heterocycles. The van der Waals surface area contributed by atoms with E-state index in [9.17, 15) is 28.2 Å². The summed E-state index contributed by atoms with van der Waals surface area (Å²) in [5.74, 6) is -1.66. The van der Waals surface area contributed by atoms with Gasteiger partial charge >= 0.3 is 5.97 Å². The molecule has 0 saturated carbocycles. The number of sulfonamides is 1. The van der Waals surface area contributed by atoms with Crippen LogP contribution in [0.1, 0.15) is 21.5 Å². The first-order valence-electron chi connectivity index (χ1n) is 11.9. The second-order valence-corrected chi connectivity index (χ2v) is 10.9. The fourth-order valence-corrected chi connectivity index (χ4v) is 6.13. The van der Waals surface area contributed by atoms with Crippen LogP contribution in [-0.2, 0) is 21.4 Å². The Labute approximate surface area is 221 Å². The van der Waals surface area contributed by atoms with E-state index < -0.39 is 28.6 Å². The standard InChI is InChI=1S/C29H28N2O6S/c1-30(2)25-12-6-11-24-23(25)10-7-13-27(24)38(36,37)31(26(19-32)29(34)35)18-20-14-16-22(17-15-20)28(33)21-8-4-3-5-9-21/h3-17,26,32H,18-19H2,1-2H3,(H,34,35)/t26-/m0/s1. The summed E-state index contributed by atoms with van der Waals surface area (Å²) in [7, 11) is -0.691. The summed E-state index contributed by atoms with van der Waals surface area (Å²) in [6, 6.07) is 23.5. The van der Waals surface area contributed by atoms with Crippen LogP contribution in [0.4, 0.5) is 5.69 Å². The number of benzene rings is 4. The third-order valence-electron chi connectivity index (χ3n) is 6.32. The summed E-state index contributed by atoms with van der Waals surface area (Å²) in [5.41, 5.74) is 2.20. The summed E-state index contributed by atoms with van der Waals surface area (Å²) >= 11 is 0. The van der Waals surface area contributed by atoms with E-state index in [0.717, 1.165) is 9.99 Å². The second kappa shape index (κ2) is 11.1. The zero-order chi connectivity index (χ0) is 27.4. The van der Waals surface area contributed by atoms with Crippen molar-refractivity contribution in [2.45, 2.75) is 17.5 Å². The lowest BCUT2D eigenvalue weighted by Gasteiger charge is -2.28. The Morgan fingerprint density at radius 3 is 2.00 bits per heavy atom. The number of fused-ring (bicyclic) bond motifs is 1. The molecule has 1 atom stereocenters. The Balaban J connectivity index is 1.75. The molecule has 0 aliphatic heterocycles. The molecule has 4 aromatic rings. The Hall–Kier alpha value is -4.05. The molecule has 0 spiro atoms. The molecule has 0 fully saturated rings. The molecule has 38 heavy (non-hydrogen) atoms. The molecule has 9 heteroatoms. The number of hydrogen-bond acceptors (Lipinski definition) is 6. The summed E-state index contributed by atoms with van der Waals surface area (Å²) in [5, 5.41) is 20.8. The van der Waals surface area contributed by atoms with Crippen molar-refractivity contribution in [1.29, 1.82) is 0 Å². The molecule has 0 saturated heterocycles. The van der Waals surface area contributed by atoms with Crippen molar-refractivity contribution in [3.8, 4) is 0 Å². The average Bonchev–Trinajstić information content (AvgIpc) is 2.92. The van der Waals surface area contributed by atoms with Gasteiger partial charge in [-0.3, -0.25) is 9.59 Å². The highest BCUT2D eigenvalue weighted by Gasteiger charge is 2.36. The molecule has 0 bridgehead atoms. The van der Waals surface area contributed by atoms with Crippen LogP contribution in [0.25, 0.3) is 10.8 Å². The highest BCUT2D eigenvalue weighted by Crippen LogP contribution is 2.33. The van der Waals surface area contributed by atoms with Gasteiger partial charge in [0.2, 0.25) is 10.0 Å². The van der Waals surface area contributed by atoms with E-state index in [4.69, 9.17) is 0 Å². The fraction of sp³-hybridized carbons (Fsp3) is 0.172. The zero-order valence-corrected chi connectivity index (χ0v) is 21.8. The molecular weight excluding hydrogens is 504 g/mol. The monoisotopic (exact) mass is 532 g/mol. The van der Waals surface area contributed by atoms with Gasteiger partial charge in [-0.2, -0.15) is 4.31 Å². The first-order valence-corrected chi connectivity index (χ1v) is 13.3. The van der Waals surface area contributed by atoms with Crippen LogP contribution in [0.15, 0.2) is 95.9 Å². The van der Waals surface area contributed by atoms with Crippen molar-refractivity contribution in [3.05, 3.63) is 108 Å². The van der Waals surface area contributed by atoms with Gasteiger partial charge in [-0.05, 0) is 17.7 Å². The number of rotatable bonds is 10. The lowest BCUT2D eigenvalue weighted by Crippen LogP contribution is -2.46. The Kier molecular flexibility index (Phi) is 7.91. The van der Waals surface area contributed by atoms with Gasteiger partial charge in [-0.15, -0.1) is 0 Å². The molecule has 4 aromatic carbocycles. The van der Waals surface area contributed by atoms with Crippen molar-refractivity contribution in [3.63, 3.8) is 0 Å². The topological polar surface area (TPSA) is 115 Å². The number of aliphatic hydroxyl groups is 1. The third kappa shape index (κ3) is 5.31. The normalized spacial score (nSPS) is 12.4. The summed E-state index contributed by atoms with van der Waals surface area (Å²) < 4.78 is 28.8. The summed E-state index contributed by atoms with van der Waals surface area (Å²) in [4.78, 5) is 26.6. The maximum absolute atomic E-state index is 14.0. The number of nitrogens with zero attached hydrogens (tertiary/aromatic N) is 2. The molecule has 0 heterocycles. The molecule has 196 valence electrons. The van der Waals surface area contributed by atoms with Crippen LogP contribution < -0.4 is 4.90 Å². The van der Waals surface area contributed by atoms with E-state index in [1.807, 2.05) is 31.1 Å². The van der Waals surface area contributed by atoms with Crippen molar-refractivity contribution >= 4 is 38.2 Å². The van der Waals surface area contributed by atoms with Gasteiger partial charge in [0.25, 0.3) is 0 Å². The van der Waals surface area contributed by atoms with E-state index in [1.54, 1.807) is 72.8 Å². The van der Waals surface area contributed by atoms with E-state index in [2.05, 4.69) is 0 Å².